The van der Waals surface area contributed by atoms with Crippen molar-refractivity contribution in [3.63, 3.8) is 0 Å². The molecule has 19 heavy (non-hydrogen) atoms. The third kappa shape index (κ3) is 2.33. The van der Waals surface area contributed by atoms with Gasteiger partial charge >= 0.3 is 0 Å². The van der Waals surface area contributed by atoms with Crippen LogP contribution in [0.4, 0.5) is 15.8 Å². The zero-order valence-corrected chi connectivity index (χ0v) is 11.0. The molecule has 0 fully saturated rings. The third-order valence-corrected chi connectivity index (χ3v) is 3.18. The van der Waals surface area contributed by atoms with Gasteiger partial charge in [-0.2, -0.15) is 0 Å². The number of aliphatic hydroxyl groups excluding tert-OH is 1. The number of nitrogens with one attached hydrogen (secondary N) is 1. The summed E-state index contributed by atoms with van der Waals surface area (Å²) in [6, 6.07) is 2.86. The molecule has 0 aromatic heterocycles. The Hall–Kier alpha value is -1.88. The Morgan fingerprint density at radius 3 is 2.84 bits per heavy atom. The first kappa shape index (κ1) is 13.5. The summed E-state index contributed by atoms with van der Waals surface area (Å²) >= 11 is 0. The predicted molar refractivity (Wildman–Crippen MR) is 72.7 cm³/mol. The fraction of sp³-hybridized carbons (Fsp3) is 0.357. The Balaban J connectivity index is 2.46. The lowest BCUT2D eigenvalue weighted by Crippen LogP contribution is -2.31. The summed E-state index contributed by atoms with van der Waals surface area (Å²) in [5, 5.41) is 12.2. The van der Waals surface area contributed by atoms with Gasteiger partial charge in [0, 0.05) is 23.8 Å². The molecule has 102 valence electrons. The van der Waals surface area contributed by atoms with Crippen LogP contribution in [0.1, 0.15) is 25.5 Å². The van der Waals surface area contributed by atoms with E-state index in [2.05, 4.69) is 11.9 Å². The largest absolute Gasteiger partial charge is 0.378 e. The summed E-state index contributed by atoms with van der Waals surface area (Å²) in [6.07, 6.45) is 0.408. The Bertz CT molecular complexity index is 528. The van der Waals surface area contributed by atoms with Crippen molar-refractivity contribution < 1.29 is 14.3 Å². The van der Waals surface area contributed by atoms with Crippen molar-refractivity contribution in [2.45, 2.75) is 26.0 Å². The number of nitrogens with zero attached hydrogens (tertiary/aromatic N) is 1. The smallest absolute Gasteiger partial charge is 0.257 e. The van der Waals surface area contributed by atoms with Crippen LogP contribution in [0.5, 0.6) is 0 Å². The van der Waals surface area contributed by atoms with Crippen molar-refractivity contribution in [1.29, 1.82) is 0 Å². The van der Waals surface area contributed by atoms with Crippen molar-refractivity contribution >= 4 is 17.3 Å². The average Bonchev–Trinajstić information content (AvgIpc) is 2.62. The molecule has 0 bridgehead atoms. The van der Waals surface area contributed by atoms with Crippen LogP contribution in [0.15, 0.2) is 24.8 Å². The molecule has 1 aromatic rings. The number of carbonyl (C=O) groups excluding carboxylic acids is 1. The summed E-state index contributed by atoms with van der Waals surface area (Å²) in [7, 11) is 0. The molecule has 0 aliphatic carbocycles. The SMILES string of the molecule is C=CCN(c1cc2c(cc1F)C(O)C(=O)N2)C(C)C. The van der Waals surface area contributed by atoms with Crippen molar-refractivity contribution in [2.24, 2.45) is 0 Å². The zero-order chi connectivity index (χ0) is 14.2. The Morgan fingerprint density at radius 2 is 2.26 bits per heavy atom. The minimum absolute atomic E-state index is 0.0904. The monoisotopic (exact) mass is 264 g/mol. The van der Waals surface area contributed by atoms with Crippen molar-refractivity contribution in [2.75, 3.05) is 16.8 Å². The number of halogens is 1. The summed E-state index contributed by atoms with van der Waals surface area (Å²) in [5.41, 5.74) is 1.14. The molecule has 1 unspecified atom stereocenters. The highest BCUT2D eigenvalue weighted by Gasteiger charge is 2.30. The number of rotatable bonds is 4. The van der Waals surface area contributed by atoms with Gasteiger partial charge in [-0.25, -0.2) is 4.39 Å². The average molecular weight is 264 g/mol. The maximum absolute atomic E-state index is 14.2. The fourth-order valence-electron chi connectivity index (χ4n) is 2.20. The quantitative estimate of drug-likeness (QED) is 0.820. The van der Waals surface area contributed by atoms with Crippen molar-refractivity contribution in [3.05, 3.63) is 36.2 Å². The predicted octanol–water partition coefficient (Wildman–Crippen LogP) is 2.21. The number of hydrogen-bond donors (Lipinski definition) is 2. The minimum atomic E-state index is -1.29. The lowest BCUT2D eigenvalue weighted by molar-refractivity contribution is -0.123. The second kappa shape index (κ2) is 5.01. The molecule has 0 spiro atoms. The number of anilines is 2. The van der Waals surface area contributed by atoms with E-state index in [9.17, 15) is 14.3 Å². The van der Waals surface area contributed by atoms with Gasteiger partial charge in [0.2, 0.25) is 0 Å². The highest BCUT2D eigenvalue weighted by Crippen LogP contribution is 2.36. The fourth-order valence-corrected chi connectivity index (χ4v) is 2.20. The van der Waals surface area contributed by atoms with E-state index in [0.717, 1.165) is 0 Å². The molecule has 1 aliphatic heterocycles. The molecular formula is C14H17FN2O2. The van der Waals surface area contributed by atoms with Gasteiger partial charge in [0.1, 0.15) is 5.82 Å². The molecule has 1 heterocycles. The van der Waals surface area contributed by atoms with Crippen LogP contribution in [-0.2, 0) is 4.79 Å². The van der Waals surface area contributed by atoms with Gasteiger partial charge in [-0.15, -0.1) is 6.58 Å². The van der Waals surface area contributed by atoms with Crippen LogP contribution in [-0.4, -0.2) is 23.6 Å². The topological polar surface area (TPSA) is 52.6 Å². The summed E-state index contributed by atoms with van der Waals surface area (Å²) in [5.74, 6) is -0.976. The van der Waals surface area contributed by atoms with E-state index < -0.39 is 17.8 Å². The normalized spacial score (nSPS) is 17.3. The lowest BCUT2D eigenvalue weighted by atomic mass is 10.1. The Labute approximate surface area is 111 Å². The number of carbonyl (C=O) groups is 1. The number of fused-ring (bicyclic) bond motifs is 1. The van der Waals surface area contributed by atoms with E-state index in [1.807, 2.05) is 18.7 Å². The van der Waals surface area contributed by atoms with Crippen LogP contribution < -0.4 is 10.2 Å². The van der Waals surface area contributed by atoms with Crippen molar-refractivity contribution in [3.8, 4) is 0 Å². The van der Waals surface area contributed by atoms with Gasteiger partial charge in [0.25, 0.3) is 5.91 Å². The van der Waals surface area contributed by atoms with E-state index >= 15 is 0 Å². The lowest BCUT2D eigenvalue weighted by Gasteiger charge is -2.28. The van der Waals surface area contributed by atoms with Gasteiger partial charge in [-0.3, -0.25) is 4.79 Å². The summed E-state index contributed by atoms with van der Waals surface area (Å²) in [4.78, 5) is 13.2. The molecule has 2 N–H and O–H groups in total. The molecular weight excluding hydrogens is 247 g/mol. The zero-order valence-electron chi connectivity index (χ0n) is 11.0. The molecule has 1 atom stereocenters. The molecule has 1 aliphatic rings. The second-order valence-corrected chi connectivity index (χ2v) is 4.82. The van der Waals surface area contributed by atoms with Crippen molar-refractivity contribution in [1.82, 2.24) is 0 Å². The Kier molecular flexibility index (Phi) is 3.57. The van der Waals surface area contributed by atoms with Gasteiger partial charge in [0.15, 0.2) is 6.10 Å². The van der Waals surface area contributed by atoms with Gasteiger partial charge in [0.05, 0.1) is 5.69 Å². The first-order valence-corrected chi connectivity index (χ1v) is 6.15. The number of aliphatic hydroxyl groups is 1. The van der Waals surface area contributed by atoms with Gasteiger partial charge < -0.3 is 15.3 Å². The van der Waals surface area contributed by atoms with Crippen LogP contribution in [0.2, 0.25) is 0 Å². The standard InChI is InChI=1S/C14H17FN2O2/c1-4-5-17(8(2)3)12-7-11-9(6-10(12)15)13(18)14(19)16-11/h4,6-8,13,18H,1,5H2,2-3H3,(H,16,19). The van der Waals surface area contributed by atoms with E-state index in [-0.39, 0.29) is 11.6 Å². The second-order valence-electron chi connectivity index (χ2n) is 4.82. The van der Waals surface area contributed by atoms with E-state index in [1.165, 1.54) is 6.07 Å². The van der Waals surface area contributed by atoms with Crippen LogP contribution in [0, 0.1) is 5.82 Å². The number of benzene rings is 1. The Morgan fingerprint density at radius 1 is 1.58 bits per heavy atom. The molecule has 0 saturated carbocycles. The van der Waals surface area contributed by atoms with Crippen LogP contribution in [0.25, 0.3) is 0 Å². The molecule has 1 aromatic carbocycles. The van der Waals surface area contributed by atoms with Crippen LogP contribution in [0.3, 0.4) is 0 Å². The third-order valence-electron chi connectivity index (χ3n) is 3.18. The molecule has 0 saturated heterocycles. The van der Waals surface area contributed by atoms with E-state index in [0.29, 0.717) is 17.9 Å². The highest BCUT2D eigenvalue weighted by atomic mass is 19.1. The minimum Gasteiger partial charge on any atom is -0.378 e. The molecule has 5 heteroatoms. The van der Waals surface area contributed by atoms with Gasteiger partial charge in [-0.05, 0) is 26.0 Å². The maximum atomic E-state index is 14.2. The summed E-state index contributed by atoms with van der Waals surface area (Å²) < 4.78 is 14.2. The van der Waals surface area contributed by atoms with E-state index in [4.69, 9.17) is 0 Å². The summed E-state index contributed by atoms with van der Waals surface area (Å²) in [6.45, 7) is 8.06. The molecule has 0 radical (unpaired) electrons. The van der Waals surface area contributed by atoms with E-state index in [1.54, 1.807) is 12.1 Å². The highest BCUT2D eigenvalue weighted by molar-refractivity contribution is 6.02. The molecule has 1 amide bonds. The maximum Gasteiger partial charge on any atom is 0.257 e. The first-order chi connectivity index (χ1) is 8.95. The molecule has 2 rings (SSSR count). The van der Waals surface area contributed by atoms with Crippen LogP contribution >= 0.6 is 0 Å². The number of hydrogen-bond acceptors (Lipinski definition) is 3. The molecule has 4 nitrogen and oxygen atoms in total. The number of amides is 1. The first-order valence-electron chi connectivity index (χ1n) is 6.15. The van der Waals surface area contributed by atoms with Gasteiger partial charge in [-0.1, -0.05) is 6.08 Å².